The Morgan fingerprint density at radius 3 is 2.65 bits per heavy atom. The molecule has 1 aliphatic heterocycles. The molecular weight excluding hydrogens is 216 g/mol. The topological polar surface area (TPSA) is 52.2 Å². The minimum atomic E-state index is -0.0178. The van der Waals surface area contributed by atoms with Gasteiger partial charge in [-0.15, -0.1) is 0 Å². The molecule has 0 amide bonds. The first-order valence-electron chi connectivity index (χ1n) is 6.27. The molecule has 0 aromatic carbocycles. The summed E-state index contributed by atoms with van der Waals surface area (Å²) in [7, 11) is 2.12. The minimum Gasteiger partial charge on any atom is -0.354 e. The Morgan fingerprint density at radius 1 is 1.29 bits per heavy atom. The second kappa shape index (κ2) is 4.14. The Balaban J connectivity index is 1.84. The van der Waals surface area contributed by atoms with Crippen molar-refractivity contribution in [2.45, 2.75) is 18.8 Å². The second-order valence-corrected chi connectivity index (χ2v) is 5.05. The van der Waals surface area contributed by atoms with Crippen LogP contribution >= 0.6 is 0 Å². The highest BCUT2D eigenvalue weighted by Crippen LogP contribution is 2.37. The maximum Gasteiger partial charge on any atom is 0.252 e. The normalized spacial score (nSPS) is 21.8. The zero-order valence-electron chi connectivity index (χ0n) is 10.1. The van der Waals surface area contributed by atoms with Gasteiger partial charge in [-0.05, 0) is 19.9 Å². The summed E-state index contributed by atoms with van der Waals surface area (Å²) < 4.78 is 0. The van der Waals surface area contributed by atoms with E-state index >= 15 is 0 Å². The Hall–Kier alpha value is -1.36. The van der Waals surface area contributed by atoms with Gasteiger partial charge in [0.25, 0.3) is 5.56 Å². The zero-order chi connectivity index (χ0) is 11.8. The van der Waals surface area contributed by atoms with Gasteiger partial charge in [-0.2, -0.15) is 0 Å². The number of piperazine rings is 1. The first kappa shape index (κ1) is 10.8. The van der Waals surface area contributed by atoms with Crippen LogP contribution in [0, 0.1) is 0 Å². The number of likely N-dealkylation sites (N-methyl/N-ethyl adjacent to an activating group) is 1. The van der Waals surface area contributed by atoms with Crippen LogP contribution in [0.1, 0.15) is 24.6 Å². The van der Waals surface area contributed by atoms with Gasteiger partial charge in [-0.3, -0.25) is 4.79 Å². The number of aromatic nitrogens is 2. The number of nitrogens with zero attached hydrogens (tertiary/aromatic N) is 3. The third-order valence-electron chi connectivity index (χ3n) is 3.54. The molecule has 5 nitrogen and oxygen atoms in total. The van der Waals surface area contributed by atoms with E-state index in [-0.39, 0.29) is 5.56 Å². The molecule has 1 aromatic rings. The number of rotatable bonds is 2. The van der Waals surface area contributed by atoms with Gasteiger partial charge >= 0.3 is 0 Å². The minimum absolute atomic E-state index is 0.0178. The van der Waals surface area contributed by atoms with E-state index in [0.717, 1.165) is 50.7 Å². The summed E-state index contributed by atoms with van der Waals surface area (Å²) in [5, 5.41) is 0. The van der Waals surface area contributed by atoms with Gasteiger partial charge in [-0.25, -0.2) is 4.98 Å². The number of nitrogens with one attached hydrogen (secondary N) is 1. The van der Waals surface area contributed by atoms with Crippen molar-refractivity contribution in [3.8, 4) is 0 Å². The van der Waals surface area contributed by atoms with Crippen molar-refractivity contribution in [1.82, 2.24) is 14.9 Å². The highest BCUT2D eigenvalue weighted by atomic mass is 16.1. The lowest BCUT2D eigenvalue weighted by Crippen LogP contribution is -2.45. The van der Waals surface area contributed by atoms with Crippen LogP contribution in [0.3, 0.4) is 0 Å². The quantitative estimate of drug-likeness (QED) is 0.804. The molecule has 1 aliphatic carbocycles. The average Bonchev–Trinajstić information content (AvgIpc) is 3.13. The number of anilines is 1. The first-order valence-corrected chi connectivity index (χ1v) is 6.27. The maximum absolute atomic E-state index is 11.6. The molecule has 1 saturated carbocycles. The van der Waals surface area contributed by atoms with Gasteiger partial charge in [-0.1, -0.05) is 0 Å². The Labute approximate surface area is 100 Å². The molecule has 1 saturated heterocycles. The molecule has 3 rings (SSSR count). The zero-order valence-corrected chi connectivity index (χ0v) is 10.1. The van der Waals surface area contributed by atoms with E-state index in [9.17, 15) is 4.79 Å². The molecule has 92 valence electrons. The molecule has 17 heavy (non-hydrogen) atoms. The Bertz CT molecular complexity index is 458. The van der Waals surface area contributed by atoms with Crippen LogP contribution in [0.2, 0.25) is 0 Å². The molecule has 1 aromatic heterocycles. The van der Waals surface area contributed by atoms with E-state index in [2.05, 4.69) is 26.8 Å². The van der Waals surface area contributed by atoms with E-state index < -0.39 is 0 Å². The molecule has 1 N–H and O–H groups in total. The third kappa shape index (κ3) is 2.34. The van der Waals surface area contributed by atoms with Crippen LogP contribution < -0.4 is 10.5 Å². The first-order chi connectivity index (χ1) is 8.22. The van der Waals surface area contributed by atoms with E-state index in [1.165, 1.54) is 0 Å². The molecule has 2 heterocycles. The summed E-state index contributed by atoms with van der Waals surface area (Å²) >= 11 is 0. The molecule has 2 fully saturated rings. The largest absolute Gasteiger partial charge is 0.354 e. The van der Waals surface area contributed by atoms with Crippen molar-refractivity contribution in [2.75, 3.05) is 38.1 Å². The van der Waals surface area contributed by atoms with Gasteiger partial charge in [0.1, 0.15) is 11.6 Å². The van der Waals surface area contributed by atoms with Crippen molar-refractivity contribution in [3.05, 3.63) is 22.2 Å². The molecule has 0 bridgehead atoms. The van der Waals surface area contributed by atoms with Gasteiger partial charge < -0.3 is 14.8 Å². The summed E-state index contributed by atoms with van der Waals surface area (Å²) in [6.45, 7) is 3.98. The molecule has 0 unspecified atom stereocenters. The SMILES string of the molecule is CN1CCN(c2cc(=O)[nH]c(C3CC3)n2)CC1. The number of aromatic amines is 1. The van der Waals surface area contributed by atoms with Crippen LogP contribution in [0.15, 0.2) is 10.9 Å². The maximum atomic E-state index is 11.6. The fraction of sp³-hybridized carbons (Fsp3) is 0.667. The van der Waals surface area contributed by atoms with Gasteiger partial charge in [0.15, 0.2) is 0 Å². The highest BCUT2D eigenvalue weighted by molar-refractivity contribution is 5.38. The summed E-state index contributed by atoms with van der Waals surface area (Å²) in [6.07, 6.45) is 2.32. The number of hydrogen-bond donors (Lipinski definition) is 1. The highest BCUT2D eigenvalue weighted by Gasteiger charge is 2.27. The van der Waals surface area contributed by atoms with E-state index in [1.807, 2.05) is 0 Å². The van der Waals surface area contributed by atoms with Crippen molar-refractivity contribution in [1.29, 1.82) is 0 Å². The fourth-order valence-electron chi connectivity index (χ4n) is 2.21. The smallest absolute Gasteiger partial charge is 0.252 e. The van der Waals surface area contributed by atoms with Crippen LogP contribution in [0.25, 0.3) is 0 Å². The van der Waals surface area contributed by atoms with E-state index in [4.69, 9.17) is 0 Å². The summed E-state index contributed by atoms with van der Waals surface area (Å²) in [4.78, 5) is 23.6. The lowest BCUT2D eigenvalue weighted by atomic mass is 10.3. The summed E-state index contributed by atoms with van der Waals surface area (Å²) in [5.41, 5.74) is -0.0178. The van der Waals surface area contributed by atoms with Crippen molar-refractivity contribution < 1.29 is 0 Å². The molecule has 2 aliphatic rings. The monoisotopic (exact) mass is 234 g/mol. The predicted molar refractivity (Wildman–Crippen MR) is 66.5 cm³/mol. The van der Waals surface area contributed by atoms with Crippen molar-refractivity contribution in [3.63, 3.8) is 0 Å². The summed E-state index contributed by atoms with van der Waals surface area (Å²) in [5.74, 6) is 2.23. The summed E-state index contributed by atoms with van der Waals surface area (Å²) in [6, 6.07) is 1.62. The van der Waals surface area contributed by atoms with Crippen molar-refractivity contribution in [2.24, 2.45) is 0 Å². The van der Waals surface area contributed by atoms with Gasteiger partial charge in [0.05, 0.1) is 0 Å². The Kier molecular flexibility index (Phi) is 2.63. The molecular formula is C12H18N4O. The van der Waals surface area contributed by atoms with Crippen LogP contribution in [0.5, 0.6) is 0 Å². The third-order valence-corrected chi connectivity index (χ3v) is 3.54. The van der Waals surface area contributed by atoms with Gasteiger partial charge in [0.2, 0.25) is 0 Å². The molecule has 0 atom stereocenters. The Morgan fingerprint density at radius 2 is 2.00 bits per heavy atom. The average molecular weight is 234 g/mol. The van der Waals surface area contributed by atoms with Crippen LogP contribution in [-0.4, -0.2) is 48.1 Å². The van der Waals surface area contributed by atoms with E-state index in [1.54, 1.807) is 6.07 Å². The van der Waals surface area contributed by atoms with E-state index in [0.29, 0.717) is 5.92 Å². The molecule has 0 spiro atoms. The van der Waals surface area contributed by atoms with Crippen LogP contribution in [-0.2, 0) is 0 Å². The standard InChI is InChI=1S/C12H18N4O/c1-15-4-6-16(7-5-15)10-8-11(17)14-12(13-10)9-2-3-9/h8-9H,2-7H2,1H3,(H,13,14,17). The van der Waals surface area contributed by atoms with Crippen molar-refractivity contribution >= 4 is 5.82 Å². The molecule has 5 heteroatoms. The predicted octanol–water partition coefficient (Wildman–Crippen LogP) is 0.399. The molecule has 0 radical (unpaired) electrons. The van der Waals surface area contributed by atoms with Crippen LogP contribution in [0.4, 0.5) is 5.82 Å². The lowest BCUT2D eigenvalue weighted by Gasteiger charge is -2.33. The second-order valence-electron chi connectivity index (χ2n) is 5.05. The lowest BCUT2D eigenvalue weighted by molar-refractivity contribution is 0.312. The number of H-pyrrole nitrogens is 1. The number of hydrogen-bond acceptors (Lipinski definition) is 4. The van der Waals surface area contributed by atoms with Gasteiger partial charge in [0, 0.05) is 38.2 Å². The fourth-order valence-corrected chi connectivity index (χ4v) is 2.21.